The zero-order valence-corrected chi connectivity index (χ0v) is 11.4. The number of rotatable bonds is 5. The normalized spacial score (nSPS) is 12.1. The molecule has 0 spiro atoms. The Morgan fingerprint density at radius 2 is 1.94 bits per heavy atom. The molecule has 0 heterocycles. The molecule has 0 amide bonds. The third kappa shape index (κ3) is 3.23. The van der Waals surface area contributed by atoms with E-state index in [1.807, 2.05) is 32.9 Å². The van der Waals surface area contributed by atoms with Gasteiger partial charge in [-0.2, -0.15) is 0 Å². The molecule has 0 aliphatic carbocycles. The molecule has 1 atom stereocenters. The van der Waals surface area contributed by atoms with Crippen LogP contribution in [0.25, 0.3) is 0 Å². The van der Waals surface area contributed by atoms with Gasteiger partial charge < -0.3 is 15.2 Å². The number of carbonyl (C=O) groups is 1. The van der Waals surface area contributed by atoms with Crippen LogP contribution in [0.15, 0.2) is 12.1 Å². The van der Waals surface area contributed by atoms with E-state index in [4.69, 9.17) is 15.2 Å². The highest BCUT2D eigenvalue weighted by Gasteiger charge is 2.23. The maximum Gasteiger partial charge on any atom is 0.327 e. The summed E-state index contributed by atoms with van der Waals surface area (Å²) in [6, 6.07) is 3.08. The molecule has 0 aliphatic rings. The standard InChI is InChI=1S/C14H21NO3/c1-5-17-11-8-9(3)7-10(4)12(11)13(15)14(16)18-6-2/h7-8,13H,5-6,15H2,1-4H3. The number of esters is 1. The highest BCUT2D eigenvalue weighted by Crippen LogP contribution is 2.29. The SMILES string of the molecule is CCOC(=O)C(N)c1c(C)cc(C)cc1OCC. The molecule has 1 aromatic rings. The van der Waals surface area contributed by atoms with Gasteiger partial charge in [0.05, 0.1) is 13.2 Å². The molecule has 2 N–H and O–H groups in total. The topological polar surface area (TPSA) is 61.5 Å². The summed E-state index contributed by atoms with van der Waals surface area (Å²) in [6.45, 7) is 8.42. The second kappa shape index (κ2) is 6.40. The predicted octanol–water partition coefficient (Wildman–Crippen LogP) is 2.27. The van der Waals surface area contributed by atoms with Crippen LogP contribution in [0, 0.1) is 13.8 Å². The smallest absolute Gasteiger partial charge is 0.327 e. The van der Waals surface area contributed by atoms with Crippen molar-refractivity contribution >= 4 is 5.97 Å². The molecule has 1 rings (SSSR count). The summed E-state index contributed by atoms with van der Waals surface area (Å²) in [4.78, 5) is 11.7. The van der Waals surface area contributed by atoms with E-state index in [0.717, 1.165) is 11.1 Å². The van der Waals surface area contributed by atoms with Gasteiger partial charge >= 0.3 is 5.97 Å². The summed E-state index contributed by atoms with van der Waals surface area (Å²) >= 11 is 0. The second-order valence-electron chi connectivity index (χ2n) is 4.16. The molecule has 0 aliphatic heterocycles. The molecule has 0 bridgehead atoms. The molecule has 0 aromatic heterocycles. The number of carbonyl (C=O) groups excluding carboxylic acids is 1. The van der Waals surface area contributed by atoms with Crippen molar-refractivity contribution in [3.05, 3.63) is 28.8 Å². The van der Waals surface area contributed by atoms with Gasteiger partial charge in [-0.1, -0.05) is 6.07 Å². The molecule has 0 saturated heterocycles. The van der Waals surface area contributed by atoms with Crippen molar-refractivity contribution in [1.82, 2.24) is 0 Å². The summed E-state index contributed by atoms with van der Waals surface area (Å²) in [5.41, 5.74) is 8.68. The lowest BCUT2D eigenvalue weighted by atomic mass is 9.98. The Bertz CT molecular complexity index is 429. The van der Waals surface area contributed by atoms with Crippen molar-refractivity contribution in [3.8, 4) is 5.75 Å². The van der Waals surface area contributed by atoms with Crippen LogP contribution < -0.4 is 10.5 Å². The van der Waals surface area contributed by atoms with Gasteiger partial charge in [0.2, 0.25) is 0 Å². The van der Waals surface area contributed by atoms with Crippen LogP contribution in [0.4, 0.5) is 0 Å². The van der Waals surface area contributed by atoms with Gasteiger partial charge in [-0.25, -0.2) is 4.79 Å². The Morgan fingerprint density at radius 1 is 1.28 bits per heavy atom. The van der Waals surface area contributed by atoms with Gasteiger partial charge in [-0.15, -0.1) is 0 Å². The van der Waals surface area contributed by atoms with E-state index in [0.29, 0.717) is 24.5 Å². The average Bonchev–Trinajstić information content (AvgIpc) is 2.28. The molecular weight excluding hydrogens is 230 g/mol. The fraction of sp³-hybridized carbons (Fsp3) is 0.500. The molecule has 18 heavy (non-hydrogen) atoms. The summed E-state index contributed by atoms with van der Waals surface area (Å²) in [5.74, 6) is 0.237. The number of hydrogen-bond donors (Lipinski definition) is 1. The van der Waals surface area contributed by atoms with E-state index in [2.05, 4.69) is 0 Å². The van der Waals surface area contributed by atoms with Crippen molar-refractivity contribution in [3.63, 3.8) is 0 Å². The van der Waals surface area contributed by atoms with Gasteiger partial charge in [-0.05, 0) is 44.9 Å². The maximum atomic E-state index is 11.7. The zero-order chi connectivity index (χ0) is 13.7. The van der Waals surface area contributed by atoms with Gasteiger partial charge in [-0.3, -0.25) is 0 Å². The Labute approximate surface area is 108 Å². The minimum atomic E-state index is -0.799. The first-order chi connectivity index (χ1) is 8.51. The summed E-state index contributed by atoms with van der Waals surface area (Å²) in [6.07, 6.45) is 0. The number of nitrogens with two attached hydrogens (primary N) is 1. The third-order valence-corrected chi connectivity index (χ3v) is 2.64. The first-order valence-corrected chi connectivity index (χ1v) is 6.17. The fourth-order valence-electron chi connectivity index (χ4n) is 1.96. The van der Waals surface area contributed by atoms with Crippen LogP contribution in [0.5, 0.6) is 5.75 Å². The lowest BCUT2D eigenvalue weighted by Crippen LogP contribution is -2.25. The first-order valence-electron chi connectivity index (χ1n) is 6.17. The van der Waals surface area contributed by atoms with E-state index in [-0.39, 0.29) is 0 Å². The minimum Gasteiger partial charge on any atom is -0.493 e. The monoisotopic (exact) mass is 251 g/mol. The molecule has 4 heteroatoms. The van der Waals surface area contributed by atoms with Crippen LogP contribution in [0.1, 0.15) is 36.6 Å². The zero-order valence-electron chi connectivity index (χ0n) is 11.4. The van der Waals surface area contributed by atoms with Crippen LogP contribution in [0.2, 0.25) is 0 Å². The summed E-state index contributed by atoms with van der Waals surface area (Å²) in [7, 11) is 0. The van der Waals surface area contributed by atoms with Crippen molar-refractivity contribution < 1.29 is 14.3 Å². The first kappa shape index (κ1) is 14.5. The minimum absolute atomic E-state index is 0.321. The molecule has 0 radical (unpaired) electrons. The van der Waals surface area contributed by atoms with Crippen molar-refractivity contribution in [1.29, 1.82) is 0 Å². The van der Waals surface area contributed by atoms with Gasteiger partial charge in [0.15, 0.2) is 0 Å². The molecule has 0 fully saturated rings. The van der Waals surface area contributed by atoms with Crippen LogP contribution in [-0.4, -0.2) is 19.2 Å². The predicted molar refractivity (Wildman–Crippen MR) is 70.6 cm³/mol. The van der Waals surface area contributed by atoms with Crippen LogP contribution in [-0.2, 0) is 9.53 Å². The molecule has 1 aromatic carbocycles. The van der Waals surface area contributed by atoms with Crippen LogP contribution >= 0.6 is 0 Å². The van der Waals surface area contributed by atoms with Gasteiger partial charge in [0.1, 0.15) is 11.8 Å². The fourth-order valence-corrected chi connectivity index (χ4v) is 1.96. The molecule has 0 saturated carbocycles. The molecule has 4 nitrogen and oxygen atoms in total. The van der Waals surface area contributed by atoms with E-state index < -0.39 is 12.0 Å². The number of benzene rings is 1. The van der Waals surface area contributed by atoms with Gasteiger partial charge in [0, 0.05) is 5.56 Å². The highest BCUT2D eigenvalue weighted by atomic mass is 16.5. The van der Waals surface area contributed by atoms with E-state index in [1.54, 1.807) is 6.92 Å². The van der Waals surface area contributed by atoms with Crippen LogP contribution in [0.3, 0.4) is 0 Å². The Morgan fingerprint density at radius 3 is 2.50 bits per heavy atom. The average molecular weight is 251 g/mol. The maximum absolute atomic E-state index is 11.7. The summed E-state index contributed by atoms with van der Waals surface area (Å²) < 4.78 is 10.5. The van der Waals surface area contributed by atoms with E-state index in [9.17, 15) is 4.79 Å². The van der Waals surface area contributed by atoms with Crippen molar-refractivity contribution in [2.45, 2.75) is 33.7 Å². The van der Waals surface area contributed by atoms with E-state index in [1.165, 1.54) is 0 Å². The Hall–Kier alpha value is -1.55. The number of hydrogen-bond acceptors (Lipinski definition) is 4. The lowest BCUT2D eigenvalue weighted by Gasteiger charge is -2.18. The third-order valence-electron chi connectivity index (χ3n) is 2.64. The van der Waals surface area contributed by atoms with E-state index >= 15 is 0 Å². The Balaban J connectivity index is 3.16. The molecule has 100 valence electrons. The Kier molecular flexibility index (Phi) is 5.16. The quantitative estimate of drug-likeness (QED) is 0.815. The van der Waals surface area contributed by atoms with Gasteiger partial charge in [0.25, 0.3) is 0 Å². The second-order valence-corrected chi connectivity index (χ2v) is 4.16. The lowest BCUT2D eigenvalue weighted by molar-refractivity contribution is -0.144. The molecular formula is C14H21NO3. The number of aryl methyl sites for hydroxylation is 2. The molecule has 1 unspecified atom stereocenters. The van der Waals surface area contributed by atoms with Crippen molar-refractivity contribution in [2.24, 2.45) is 5.73 Å². The highest BCUT2D eigenvalue weighted by molar-refractivity contribution is 5.79. The largest absolute Gasteiger partial charge is 0.493 e. The number of ether oxygens (including phenoxy) is 2. The summed E-state index contributed by atoms with van der Waals surface area (Å²) in [5, 5.41) is 0. The van der Waals surface area contributed by atoms with Crippen molar-refractivity contribution in [2.75, 3.05) is 13.2 Å².